The first-order valence-corrected chi connectivity index (χ1v) is 7.40. The van der Waals surface area contributed by atoms with E-state index in [9.17, 15) is 4.79 Å². The third-order valence-corrected chi connectivity index (χ3v) is 4.02. The molecule has 0 atom stereocenters. The number of halogens is 1. The van der Waals surface area contributed by atoms with Crippen LogP contribution in [0.1, 0.15) is 21.5 Å². The fraction of sp³-hybridized carbons (Fsp3) is 0.176. The molecule has 0 saturated heterocycles. The van der Waals surface area contributed by atoms with Gasteiger partial charge in [-0.2, -0.15) is 0 Å². The quantitative estimate of drug-likeness (QED) is 0.888. The highest BCUT2D eigenvalue weighted by atomic mass is 35.5. The van der Waals surface area contributed by atoms with Crippen molar-refractivity contribution in [2.45, 2.75) is 13.3 Å². The highest BCUT2D eigenvalue weighted by molar-refractivity contribution is 6.31. The van der Waals surface area contributed by atoms with Gasteiger partial charge in [0, 0.05) is 29.7 Å². The van der Waals surface area contributed by atoms with E-state index in [4.69, 9.17) is 11.6 Å². The highest BCUT2D eigenvalue weighted by Gasteiger charge is 2.16. The summed E-state index contributed by atoms with van der Waals surface area (Å²) in [6.45, 7) is 1.99. The lowest BCUT2D eigenvalue weighted by Crippen LogP contribution is -2.18. The van der Waals surface area contributed by atoms with Gasteiger partial charge in [0.2, 0.25) is 0 Å². The number of carbonyl (C=O) groups is 1. The third kappa shape index (κ3) is 2.83. The first kappa shape index (κ1) is 14.6. The molecule has 4 nitrogen and oxygen atoms in total. The second-order valence-corrected chi connectivity index (χ2v) is 5.66. The zero-order valence-electron chi connectivity index (χ0n) is 12.4. The van der Waals surface area contributed by atoms with Crippen molar-refractivity contribution in [3.8, 4) is 0 Å². The lowest BCUT2D eigenvalue weighted by molar-refractivity contribution is 0.0963. The molecule has 1 aliphatic heterocycles. The topological polar surface area (TPSA) is 53.5 Å². The number of aryl methyl sites for hydroxylation is 1. The number of hydrogen-bond donors (Lipinski definition) is 2. The number of fused-ring (bicyclic) bond motifs is 1. The Bertz CT molecular complexity index is 783. The molecule has 0 radical (unpaired) electrons. The largest absolute Gasteiger partial charge is 0.355 e. The molecule has 0 aliphatic carbocycles. The fourth-order valence-electron chi connectivity index (χ4n) is 2.46. The summed E-state index contributed by atoms with van der Waals surface area (Å²) in [5.41, 5.74) is 4.57. The maximum Gasteiger partial charge on any atom is 0.251 e. The Hall–Kier alpha value is -2.33. The number of benzene rings is 2. The molecular weight excluding hydrogens is 298 g/mol. The van der Waals surface area contributed by atoms with Crippen LogP contribution in [-0.4, -0.2) is 18.8 Å². The molecule has 0 unspecified atom stereocenters. The van der Waals surface area contributed by atoms with Crippen molar-refractivity contribution in [1.29, 1.82) is 0 Å². The monoisotopic (exact) mass is 313 g/mol. The zero-order valence-corrected chi connectivity index (χ0v) is 13.2. The van der Waals surface area contributed by atoms with Crippen molar-refractivity contribution >= 4 is 34.7 Å². The Morgan fingerprint density at radius 2 is 2.09 bits per heavy atom. The molecule has 3 rings (SSSR count). The van der Waals surface area contributed by atoms with E-state index in [0.717, 1.165) is 39.8 Å². The van der Waals surface area contributed by atoms with E-state index in [1.165, 1.54) is 0 Å². The lowest BCUT2D eigenvalue weighted by Gasteiger charge is -2.07. The smallest absolute Gasteiger partial charge is 0.251 e. The summed E-state index contributed by atoms with van der Waals surface area (Å²) in [7, 11) is 1.62. The van der Waals surface area contributed by atoms with Gasteiger partial charge in [-0.1, -0.05) is 23.7 Å². The molecule has 1 heterocycles. The molecule has 0 saturated carbocycles. The SMILES string of the molecule is CNC(=O)c1cccc(NC2=Nc3cc(Cl)c(C)cc3C2)c1. The maximum atomic E-state index is 11.7. The Labute approximate surface area is 134 Å². The van der Waals surface area contributed by atoms with Gasteiger partial charge < -0.3 is 10.6 Å². The van der Waals surface area contributed by atoms with Gasteiger partial charge >= 0.3 is 0 Å². The van der Waals surface area contributed by atoms with Gasteiger partial charge in [-0.15, -0.1) is 0 Å². The molecule has 0 spiro atoms. The number of amidine groups is 1. The van der Waals surface area contributed by atoms with E-state index in [1.807, 2.05) is 31.2 Å². The van der Waals surface area contributed by atoms with Crippen LogP contribution in [0.4, 0.5) is 11.4 Å². The Morgan fingerprint density at radius 1 is 1.27 bits per heavy atom. The van der Waals surface area contributed by atoms with Gasteiger partial charge in [0.05, 0.1) is 5.69 Å². The molecule has 2 aromatic rings. The number of carbonyl (C=O) groups excluding carboxylic acids is 1. The van der Waals surface area contributed by atoms with Crippen molar-refractivity contribution in [2.24, 2.45) is 4.99 Å². The summed E-state index contributed by atoms with van der Waals surface area (Å²) < 4.78 is 0. The normalized spacial score (nSPS) is 12.6. The van der Waals surface area contributed by atoms with Gasteiger partial charge in [-0.05, 0) is 42.3 Å². The molecule has 2 aromatic carbocycles. The van der Waals surface area contributed by atoms with E-state index in [1.54, 1.807) is 13.1 Å². The van der Waals surface area contributed by atoms with Crippen LogP contribution in [0, 0.1) is 6.92 Å². The molecule has 0 fully saturated rings. The van der Waals surface area contributed by atoms with Gasteiger partial charge in [-0.3, -0.25) is 4.79 Å². The van der Waals surface area contributed by atoms with Crippen LogP contribution in [0.25, 0.3) is 0 Å². The van der Waals surface area contributed by atoms with Crippen LogP contribution < -0.4 is 10.6 Å². The first-order chi connectivity index (χ1) is 10.6. The highest BCUT2D eigenvalue weighted by Crippen LogP contribution is 2.32. The second kappa shape index (κ2) is 5.81. The predicted molar refractivity (Wildman–Crippen MR) is 90.4 cm³/mol. The van der Waals surface area contributed by atoms with Crippen LogP contribution >= 0.6 is 11.6 Å². The summed E-state index contributed by atoms with van der Waals surface area (Å²) in [6, 6.07) is 11.3. The van der Waals surface area contributed by atoms with Gasteiger partial charge in [-0.25, -0.2) is 4.99 Å². The summed E-state index contributed by atoms with van der Waals surface area (Å²) in [4.78, 5) is 16.2. The summed E-state index contributed by atoms with van der Waals surface area (Å²) >= 11 is 6.14. The summed E-state index contributed by atoms with van der Waals surface area (Å²) in [5, 5.41) is 6.62. The summed E-state index contributed by atoms with van der Waals surface area (Å²) in [5.74, 6) is 0.744. The van der Waals surface area contributed by atoms with Crippen molar-refractivity contribution in [1.82, 2.24) is 5.32 Å². The van der Waals surface area contributed by atoms with Gasteiger partial charge in [0.1, 0.15) is 5.84 Å². The van der Waals surface area contributed by atoms with Crippen LogP contribution in [-0.2, 0) is 6.42 Å². The number of nitrogens with one attached hydrogen (secondary N) is 2. The minimum Gasteiger partial charge on any atom is -0.355 e. The molecule has 0 bridgehead atoms. The van der Waals surface area contributed by atoms with Crippen molar-refractivity contribution in [3.05, 3.63) is 58.1 Å². The fourth-order valence-corrected chi connectivity index (χ4v) is 2.62. The summed E-state index contributed by atoms with van der Waals surface area (Å²) in [6.07, 6.45) is 0.734. The number of anilines is 1. The first-order valence-electron chi connectivity index (χ1n) is 7.02. The van der Waals surface area contributed by atoms with E-state index >= 15 is 0 Å². The second-order valence-electron chi connectivity index (χ2n) is 5.25. The Balaban J connectivity index is 1.81. The molecule has 22 heavy (non-hydrogen) atoms. The molecule has 5 heteroatoms. The van der Waals surface area contributed by atoms with Crippen molar-refractivity contribution in [2.75, 3.05) is 12.4 Å². The average molecular weight is 314 g/mol. The Kier molecular flexibility index (Phi) is 3.86. The molecular formula is C17H16ClN3O. The van der Waals surface area contributed by atoms with Crippen LogP contribution in [0.5, 0.6) is 0 Å². The maximum absolute atomic E-state index is 11.7. The minimum absolute atomic E-state index is 0.109. The molecule has 2 N–H and O–H groups in total. The Morgan fingerprint density at radius 3 is 2.86 bits per heavy atom. The third-order valence-electron chi connectivity index (χ3n) is 3.61. The average Bonchev–Trinajstić information content (AvgIpc) is 2.88. The number of rotatable bonds is 2. The standard InChI is InChI=1S/C17H16ClN3O/c1-10-6-12-8-16(21-15(12)9-14(10)18)20-13-5-3-4-11(7-13)17(22)19-2/h3-7,9H,8H2,1-2H3,(H,19,22)(H,20,21). The molecule has 112 valence electrons. The zero-order chi connectivity index (χ0) is 15.7. The van der Waals surface area contributed by atoms with Crippen molar-refractivity contribution < 1.29 is 4.79 Å². The number of hydrogen-bond acceptors (Lipinski definition) is 3. The van der Waals surface area contributed by atoms with E-state index in [2.05, 4.69) is 21.7 Å². The van der Waals surface area contributed by atoms with Crippen LogP contribution in [0.15, 0.2) is 41.4 Å². The van der Waals surface area contributed by atoms with Gasteiger partial charge in [0.15, 0.2) is 0 Å². The van der Waals surface area contributed by atoms with E-state index < -0.39 is 0 Å². The number of amides is 1. The minimum atomic E-state index is -0.109. The number of nitrogens with zero attached hydrogens (tertiary/aromatic N) is 1. The van der Waals surface area contributed by atoms with E-state index in [-0.39, 0.29) is 5.91 Å². The van der Waals surface area contributed by atoms with E-state index in [0.29, 0.717) is 5.56 Å². The van der Waals surface area contributed by atoms with Crippen LogP contribution in [0.3, 0.4) is 0 Å². The van der Waals surface area contributed by atoms with Gasteiger partial charge in [0.25, 0.3) is 5.91 Å². The molecule has 0 aromatic heterocycles. The number of aliphatic imine (C=N–C) groups is 1. The molecule has 1 aliphatic rings. The van der Waals surface area contributed by atoms with Crippen molar-refractivity contribution in [3.63, 3.8) is 0 Å². The lowest BCUT2D eigenvalue weighted by atomic mass is 10.1. The predicted octanol–water partition coefficient (Wildman–Crippen LogP) is 3.71. The molecule has 1 amide bonds. The van der Waals surface area contributed by atoms with Crippen LogP contribution in [0.2, 0.25) is 5.02 Å².